The van der Waals surface area contributed by atoms with Gasteiger partial charge in [-0.2, -0.15) is 0 Å². The van der Waals surface area contributed by atoms with Gasteiger partial charge in [0.2, 0.25) is 0 Å². The Morgan fingerprint density at radius 1 is 1.15 bits per heavy atom. The molecule has 1 aromatic carbocycles. The van der Waals surface area contributed by atoms with E-state index in [0.29, 0.717) is 5.15 Å². The van der Waals surface area contributed by atoms with E-state index in [1.165, 1.54) is 6.33 Å². The molecule has 0 aliphatic heterocycles. The zero-order chi connectivity index (χ0) is 14.9. The van der Waals surface area contributed by atoms with Crippen molar-refractivity contribution in [2.24, 2.45) is 0 Å². The summed E-state index contributed by atoms with van der Waals surface area (Å²) < 4.78 is 1.07. The van der Waals surface area contributed by atoms with E-state index in [9.17, 15) is 0 Å². The van der Waals surface area contributed by atoms with Crippen molar-refractivity contribution in [2.75, 3.05) is 5.32 Å². The lowest BCUT2D eigenvalue weighted by molar-refractivity contribution is 0.850. The van der Waals surface area contributed by atoms with E-state index in [-0.39, 0.29) is 5.92 Å². The highest BCUT2D eigenvalue weighted by Gasteiger charge is 2.15. The Balaban J connectivity index is 2.48. The number of benzene rings is 1. The Labute approximate surface area is 132 Å². The molecule has 0 saturated heterocycles. The van der Waals surface area contributed by atoms with E-state index in [1.54, 1.807) is 0 Å². The maximum absolute atomic E-state index is 6.20. The highest BCUT2D eigenvalue weighted by atomic mass is 79.9. The molecule has 0 amide bonds. The smallest absolute Gasteiger partial charge is 0.138 e. The molecule has 3 nitrogen and oxygen atoms in total. The lowest BCUT2D eigenvalue weighted by Crippen LogP contribution is -2.05. The second-order valence-corrected chi connectivity index (χ2v) is 6.39. The number of hydrogen-bond donors (Lipinski definition) is 1. The normalized spacial score (nSPS) is 10.9. The van der Waals surface area contributed by atoms with Gasteiger partial charge in [0.1, 0.15) is 17.3 Å². The quantitative estimate of drug-likeness (QED) is 0.752. The molecule has 0 fully saturated rings. The second kappa shape index (κ2) is 6.10. The lowest BCUT2D eigenvalue weighted by Gasteiger charge is -2.17. The molecule has 0 aliphatic rings. The van der Waals surface area contributed by atoms with Crippen molar-refractivity contribution < 1.29 is 0 Å². The van der Waals surface area contributed by atoms with E-state index in [4.69, 9.17) is 11.6 Å². The topological polar surface area (TPSA) is 37.8 Å². The first-order valence-electron chi connectivity index (χ1n) is 6.44. The fraction of sp³-hybridized carbons (Fsp3) is 0.333. The van der Waals surface area contributed by atoms with Crippen molar-refractivity contribution >= 4 is 39.0 Å². The van der Waals surface area contributed by atoms with Gasteiger partial charge < -0.3 is 5.32 Å². The number of nitrogens with zero attached hydrogens (tertiary/aromatic N) is 2. The fourth-order valence-electron chi connectivity index (χ4n) is 2.21. The molecule has 1 aromatic heterocycles. The van der Waals surface area contributed by atoms with Gasteiger partial charge in [0.25, 0.3) is 0 Å². The highest BCUT2D eigenvalue weighted by Crippen LogP contribution is 2.33. The van der Waals surface area contributed by atoms with Crippen LogP contribution in [0.3, 0.4) is 0 Å². The zero-order valence-corrected chi connectivity index (χ0v) is 14.3. The number of hydrogen-bond acceptors (Lipinski definition) is 3. The number of aryl methyl sites for hydroxylation is 2. The number of halogens is 2. The monoisotopic (exact) mass is 353 g/mol. The van der Waals surface area contributed by atoms with Crippen LogP contribution >= 0.6 is 27.5 Å². The average Bonchev–Trinajstić information content (AvgIpc) is 2.33. The first-order chi connectivity index (χ1) is 9.40. The van der Waals surface area contributed by atoms with Crippen molar-refractivity contribution in [1.82, 2.24) is 9.97 Å². The van der Waals surface area contributed by atoms with Crippen molar-refractivity contribution in [3.63, 3.8) is 0 Å². The summed E-state index contributed by atoms with van der Waals surface area (Å²) in [5.74, 6) is 1.02. The van der Waals surface area contributed by atoms with Crippen LogP contribution in [0.4, 0.5) is 11.5 Å². The zero-order valence-electron chi connectivity index (χ0n) is 12.0. The second-order valence-electron chi connectivity index (χ2n) is 5.12. The maximum Gasteiger partial charge on any atom is 0.138 e. The summed E-state index contributed by atoms with van der Waals surface area (Å²) >= 11 is 9.70. The Hall–Kier alpha value is -1.13. The van der Waals surface area contributed by atoms with Crippen LogP contribution in [0.15, 0.2) is 22.9 Å². The molecular formula is C15H17BrClN3. The lowest BCUT2D eigenvalue weighted by atomic mass is 10.0. The third kappa shape index (κ3) is 3.13. The summed E-state index contributed by atoms with van der Waals surface area (Å²) in [4.78, 5) is 8.41. The predicted molar refractivity (Wildman–Crippen MR) is 88.0 cm³/mol. The Bertz CT molecular complexity index is 618. The van der Waals surface area contributed by atoms with Crippen LogP contribution < -0.4 is 5.32 Å². The van der Waals surface area contributed by atoms with E-state index >= 15 is 0 Å². The third-order valence-electron chi connectivity index (χ3n) is 3.15. The molecule has 0 aliphatic carbocycles. The SMILES string of the molecule is Cc1cc(Br)cc(C)c1Nc1ncnc(Cl)c1C(C)C. The van der Waals surface area contributed by atoms with Crippen molar-refractivity contribution in [3.05, 3.63) is 44.8 Å². The first kappa shape index (κ1) is 15.3. The minimum Gasteiger partial charge on any atom is -0.339 e. The van der Waals surface area contributed by atoms with Crippen LogP contribution in [0.2, 0.25) is 5.15 Å². The van der Waals surface area contributed by atoms with E-state index in [2.05, 4.69) is 71.0 Å². The standard InChI is InChI=1S/C15H17BrClN3/c1-8(2)12-14(17)18-7-19-15(12)20-13-9(3)5-11(16)6-10(13)4/h5-8H,1-4H3,(H,18,19,20). The molecule has 0 spiro atoms. The molecule has 0 unspecified atom stereocenters. The molecule has 0 saturated carbocycles. The molecule has 106 valence electrons. The van der Waals surface area contributed by atoms with E-state index in [0.717, 1.165) is 32.7 Å². The molecule has 0 bridgehead atoms. The molecule has 1 heterocycles. The molecule has 20 heavy (non-hydrogen) atoms. The Morgan fingerprint density at radius 3 is 2.30 bits per heavy atom. The van der Waals surface area contributed by atoms with Gasteiger partial charge in [-0.1, -0.05) is 41.4 Å². The molecule has 1 N–H and O–H groups in total. The fourth-order valence-corrected chi connectivity index (χ4v) is 3.25. The van der Waals surface area contributed by atoms with Gasteiger partial charge in [-0.25, -0.2) is 9.97 Å². The number of rotatable bonds is 3. The summed E-state index contributed by atoms with van der Waals surface area (Å²) in [5, 5.41) is 3.91. The summed E-state index contributed by atoms with van der Waals surface area (Å²) in [6.07, 6.45) is 1.49. The van der Waals surface area contributed by atoms with Crippen molar-refractivity contribution in [1.29, 1.82) is 0 Å². The molecular weight excluding hydrogens is 338 g/mol. The molecule has 0 atom stereocenters. The third-order valence-corrected chi connectivity index (χ3v) is 3.91. The largest absolute Gasteiger partial charge is 0.339 e. The van der Waals surface area contributed by atoms with Crippen LogP contribution in [0.25, 0.3) is 0 Å². The van der Waals surface area contributed by atoms with E-state index in [1.807, 2.05) is 0 Å². The first-order valence-corrected chi connectivity index (χ1v) is 7.61. The molecule has 0 radical (unpaired) electrons. The van der Waals surface area contributed by atoms with Crippen LogP contribution in [0.1, 0.15) is 36.5 Å². The average molecular weight is 355 g/mol. The summed E-state index contributed by atoms with van der Waals surface area (Å²) in [7, 11) is 0. The molecule has 2 rings (SSSR count). The van der Waals surface area contributed by atoms with Gasteiger partial charge in [0.05, 0.1) is 0 Å². The number of anilines is 2. The van der Waals surface area contributed by atoms with Gasteiger partial charge in [-0.15, -0.1) is 0 Å². The summed E-state index contributed by atoms with van der Waals surface area (Å²) in [5.41, 5.74) is 4.31. The maximum atomic E-state index is 6.20. The van der Waals surface area contributed by atoms with Gasteiger partial charge in [0, 0.05) is 15.7 Å². The van der Waals surface area contributed by atoms with Crippen LogP contribution in [-0.4, -0.2) is 9.97 Å². The number of aromatic nitrogens is 2. The van der Waals surface area contributed by atoms with Crippen LogP contribution in [-0.2, 0) is 0 Å². The summed E-state index contributed by atoms with van der Waals surface area (Å²) in [6, 6.07) is 4.15. The van der Waals surface area contributed by atoms with Crippen LogP contribution in [0.5, 0.6) is 0 Å². The van der Waals surface area contributed by atoms with Crippen molar-refractivity contribution in [2.45, 2.75) is 33.6 Å². The molecule has 2 aromatic rings. The predicted octanol–water partition coefficient (Wildman–Crippen LogP) is 5.38. The van der Waals surface area contributed by atoms with Crippen LogP contribution in [0, 0.1) is 13.8 Å². The van der Waals surface area contributed by atoms with Crippen molar-refractivity contribution in [3.8, 4) is 0 Å². The van der Waals surface area contributed by atoms with Gasteiger partial charge in [0.15, 0.2) is 0 Å². The minimum atomic E-state index is 0.252. The highest BCUT2D eigenvalue weighted by molar-refractivity contribution is 9.10. The van der Waals surface area contributed by atoms with Gasteiger partial charge in [-0.05, 0) is 43.0 Å². The molecule has 5 heteroatoms. The Kier molecular flexibility index (Phi) is 4.66. The Morgan fingerprint density at radius 2 is 1.75 bits per heavy atom. The number of nitrogens with one attached hydrogen (secondary N) is 1. The van der Waals surface area contributed by atoms with Gasteiger partial charge in [-0.3, -0.25) is 0 Å². The van der Waals surface area contributed by atoms with E-state index < -0.39 is 0 Å². The van der Waals surface area contributed by atoms with Gasteiger partial charge >= 0.3 is 0 Å². The summed E-state index contributed by atoms with van der Waals surface area (Å²) in [6.45, 7) is 8.30. The minimum absolute atomic E-state index is 0.252.